The van der Waals surface area contributed by atoms with E-state index in [2.05, 4.69) is 5.32 Å². The van der Waals surface area contributed by atoms with E-state index in [9.17, 15) is 28.8 Å². The Bertz CT molecular complexity index is 1180. The minimum absolute atomic E-state index is 0.0718. The van der Waals surface area contributed by atoms with Crippen LogP contribution in [0.25, 0.3) is 0 Å². The van der Waals surface area contributed by atoms with Gasteiger partial charge in [0.1, 0.15) is 36.3 Å². The van der Waals surface area contributed by atoms with Gasteiger partial charge in [0.2, 0.25) is 0 Å². The first-order valence-corrected chi connectivity index (χ1v) is 18.8. The Kier molecular flexibility index (Phi) is 38.9. The molecular formula is C34H65N7O13S. The summed E-state index contributed by atoms with van der Waals surface area (Å²) in [5, 5.41) is 60.6. The van der Waals surface area contributed by atoms with E-state index in [4.69, 9.17) is 70.1 Å². The van der Waals surface area contributed by atoms with Crippen molar-refractivity contribution in [1.29, 1.82) is 0 Å². The van der Waals surface area contributed by atoms with Crippen LogP contribution in [0.1, 0.15) is 64.4 Å². The van der Waals surface area contributed by atoms with Gasteiger partial charge in [-0.2, -0.15) is 11.8 Å². The van der Waals surface area contributed by atoms with E-state index in [1.165, 1.54) is 0 Å². The lowest BCUT2D eigenvalue weighted by Gasteiger charge is -2.11. The molecule has 0 saturated carbocycles. The van der Waals surface area contributed by atoms with Gasteiger partial charge in [0, 0.05) is 0 Å². The molecule has 0 unspecified atom stereocenters. The van der Waals surface area contributed by atoms with Gasteiger partial charge in [-0.25, -0.2) is 0 Å². The Morgan fingerprint density at radius 3 is 1.55 bits per heavy atom. The van der Waals surface area contributed by atoms with E-state index >= 15 is 0 Å². The Morgan fingerprint density at radius 2 is 1.25 bits per heavy atom. The fourth-order valence-electron chi connectivity index (χ4n) is 3.43. The van der Waals surface area contributed by atoms with Crippen molar-refractivity contribution in [2.24, 2.45) is 40.3 Å². The van der Waals surface area contributed by atoms with E-state index in [0.717, 1.165) is 50.0 Å². The molecule has 20 N–H and O–H groups in total. The maximum absolute atomic E-state index is 10.4. The minimum atomic E-state index is -1.18. The Hall–Kier alpha value is -3.93. The van der Waals surface area contributed by atoms with Gasteiger partial charge in [0.15, 0.2) is 0 Å². The average Bonchev–Trinajstić information content (AvgIpc) is 3.70. The van der Waals surface area contributed by atoms with Crippen LogP contribution in [0.5, 0.6) is 0 Å². The number of nitrogens with one attached hydrogen (secondary N) is 1. The van der Waals surface area contributed by atoms with Crippen LogP contribution in [0.15, 0.2) is 30.3 Å². The molecule has 1 fully saturated rings. The molecule has 1 aromatic rings. The predicted molar refractivity (Wildman–Crippen MR) is 209 cm³/mol. The van der Waals surface area contributed by atoms with Crippen LogP contribution < -0.4 is 39.7 Å². The van der Waals surface area contributed by atoms with Crippen molar-refractivity contribution in [1.82, 2.24) is 5.32 Å². The number of aliphatic hydroxyl groups excluding tert-OH is 1. The molecule has 0 aromatic heterocycles. The zero-order valence-corrected chi connectivity index (χ0v) is 32.7. The van der Waals surface area contributed by atoms with Gasteiger partial charge in [-0.3, -0.25) is 28.8 Å². The lowest BCUT2D eigenvalue weighted by atomic mass is 10.0. The number of carboxylic acid groups (broad SMARTS) is 6. The van der Waals surface area contributed by atoms with Crippen molar-refractivity contribution in [3.05, 3.63) is 35.9 Å². The number of benzene rings is 1. The van der Waals surface area contributed by atoms with Gasteiger partial charge in [0.05, 0.1) is 6.61 Å². The van der Waals surface area contributed by atoms with Gasteiger partial charge in [0.25, 0.3) is 0 Å². The number of hydrogen-bond donors (Lipinski definition) is 14. The van der Waals surface area contributed by atoms with Crippen LogP contribution in [-0.4, -0.2) is 140 Å². The molecule has 0 aliphatic carbocycles. The highest BCUT2D eigenvalue weighted by Crippen LogP contribution is 2.05. The van der Waals surface area contributed by atoms with E-state index < -0.39 is 72.6 Å². The first-order chi connectivity index (χ1) is 25.6. The first kappa shape index (κ1) is 57.8. The fraction of sp³-hybridized carbons (Fsp3) is 0.647. The van der Waals surface area contributed by atoms with Gasteiger partial charge in [-0.1, -0.05) is 57.0 Å². The van der Waals surface area contributed by atoms with Crippen molar-refractivity contribution < 1.29 is 64.5 Å². The van der Waals surface area contributed by atoms with Gasteiger partial charge >= 0.3 is 35.8 Å². The van der Waals surface area contributed by atoms with Crippen LogP contribution in [0.3, 0.4) is 0 Å². The van der Waals surface area contributed by atoms with Crippen molar-refractivity contribution in [3.63, 3.8) is 0 Å². The summed E-state index contributed by atoms with van der Waals surface area (Å²) in [6, 6.07) is 5.05. The topological polar surface area (TPSA) is 412 Å². The second-order valence-electron chi connectivity index (χ2n) is 12.0. The maximum Gasteiger partial charge on any atom is 0.322 e. The highest BCUT2D eigenvalue weighted by atomic mass is 32.2. The molecule has 0 amide bonds. The molecule has 1 aliphatic rings. The fourth-order valence-corrected chi connectivity index (χ4v) is 3.92. The summed E-state index contributed by atoms with van der Waals surface area (Å²) in [5.41, 5.74) is 31.9. The number of thioether (sulfide) groups is 1. The number of aliphatic carboxylic acids is 6. The number of rotatable bonds is 18. The molecule has 20 nitrogen and oxygen atoms in total. The summed E-state index contributed by atoms with van der Waals surface area (Å²) in [4.78, 5) is 60.5. The molecule has 2 rings (SSSR count). The average molecular weight is 812 g/mol. The molecule has 0 radical (unpaired) electrons. The normalized spacial score (nSPS) is 15.8. The Morgan fingerprint density at radius 1 is 0.764 bits per heavy atom. The Labute approximate surface area is 326 Å². The molecule has 1 saturated heterocycles. The van der Waals surface area contributed by atoms with E-state index in [1.807, 2.05) is 50.4 Å². The van der Waals surface area contributed by atoms with Gasteiger partial charge < -0.3 is 75.5 Å². The molecule has 7 atom stereocenters. The maximum atomic E-state index is 10.4. The summed E-state index contributed by atoms with van der Waals surface area (Å²) in [6.07, 6.45) is 7.62. The zero-order valence-electron chi connectivity index (χ0n) is 31.9. The summed E-state index contributed by atoms with van der Waals surface area (Å²) in [7, 11) is 0. The van der Waals surface area contributed by atoms with Gasteiger partial charge in [-0.05, 0) is 75.1 Å². The van der Waals surface area contributed by atoms with Crippen LogP contribution in [-0.2, 0) is 35.2 Å². The van der Waals surface area contributed by atoms with Crippen molar-refractivity contribution in [2.75, 3.05) is 31.7 Å². The third-order valence-corrected chi connectivity index (χ3v) is 7.91. The molecule has 55 heavy (non-hydrogen) atoms. The number of aliphatic hydroxyl groups is 1. The third-order valence-electron chi connectivity index (χ3n) is 7.27. The number of carboxylic acids is 6. The van der Waals surface area contributed by atoms with Crippen LogP contribution >= 0.6 is 11.8 Å². The van der Waals surface area contributed by atoms with Gasteiger partial charge in [-0.15, -0.1) is 0 Å². The molecule has 1 aromatic carbocycles. The molecule has 320 valence electrons. The number of carbonyl (C=O) groups is 6. The highest BCUT2D eigenvalue weighted by molar-refractivity contribution is 7.98. The van der Waals surface area contributed by atoms with E-state index in [-0.39, 0.29) is 12.0 Å². The highest BCUT2D eigenvalue weighted by Gasteiger charge is 2.20. The molecule has 0 bridgehead atoms. The van der Waals surface area contributed by atoms with E-state index in [0.29, 0.717) is 25.8 Å². The SMILES string of the molecule is CC[C@H](C)[C@H](N)C(=O)O.CSCC[C@H](N)C(=O)O.NCCCC[C@H](N)C(=O)O.N[C@@H](CO)C(=O)O.N[C@@H](Cc1ccccc1)C(=O)O.O=C(O)[C@@H]1CCCN1. The number of unbranched alkanes of at least 4 members (excludes halogenated alkanes) is 1. The molecule has 21 heteroatoms. The number of hydrogen-bond acceptors (Lipinski definition) is 15. The summed E-state index contributed by atoms with van der Waals surface area (Å²) < 4.78 is 0. The number of nitrogens with two attached hydrogens (primary N) is 6. The van der Waals surface area contributed by atoms with Crippen LogP contribution in [0.4, 0.5) is 0 Å². The molecular weight excluding hydrogens is 746 g/mol. The molecule has 0 spiro atoms. The monoisotopic (exact) mass is 811 g/mol. The first-order valence-electron chi connectivity index (χ1n) is 17.4. The van der Waals surface area contributed by atoms with Crippen LogP contribution in [0.2, 0.25) is 0 Å². The predicted octanol–water partition coefficient (Wildman–Crippen LogP) is -1.02. The molecule has 1 aliphatic heterocycles. The summed E-state index contributed by atoms with van der Waals surface area (Å²) in [6.45, 7) is 4.71. The van der Waals surface area contributed by atoms with Crippen molar-refractivity contribution in [2.45, 2.75) is 101 Å². The second-order valence-corrected chi connectivity index (χ2v) is 12.9. The summed E-state index contributed by atoms with van der Waals surface area (Å²) >= 11 is 1.60. The van der Waals surface area contributed by atoms with E-state index in [1.54, 1.807) is 11.8 Å². The standard InChI is InChI=1S/C9H11NO2.C6H14N2O2.C6H13NO2.C5H11NO2S.C5H9NO2.C3H7NO3/c10-8(9(11)12)6-7-4-2-1-3-5-7;7-4-2-1-3-5(8)6(9)10;1-3-4(2)5(7)6(8)9;1-9-3-2-4(6)5(7)8;7-5(8)4-2-1-3-6-4;4-2(1-5)3(6)7/h1-5,8H,6,10H2,(H,11,12);5H,1-4,7-8H2,(H,9,10);4-5H,3,7H2,1-2H3,(H,8,9);4H,2-3,6H2,1H3,(H,7,8);4,6H,1-3H2,(H,7,8);2,5H,1,4H2,(H,6,7)/t8-;5-;4-,5-;2*4-;2-/m000000/s1. The van der Waals surface area contributed by atoms with Crippen molar-refractivity contribution in [3.8, 4) is 0 Å². The summed E-state index contributed by atoms with van der Waals surface area (Å²) in [5.74, 6) is -4.73. The third kappa shape index (κ3) is 36.8. The van der Waals surface area contributed by atoms with Crippen LogP contribution in [0, 0.1) is 5.92 Å². The Balaban J connectivity index is -0.000000286. The smallest absolute Gasteiger partial charge is 0.322 e. The quantitative estimate of drug-likeness (QED) is 0.0789. The van der Waals surface area contributed by atoms with Crippen molar-refractivity contribution >= 4 is 47.6 Å². The largest absolute Gasteiger partial charge is 0.480 e. The zero-order chi connectivity index (χ0) is 43.5. The lowest BCUT2D eigenvalue weighted by Crippen LogP contribution is -2.36. The lowest BCUT2D eigenvalue weighted by molar-refractivity contribution is -0.140. The minimum Gasteiger partial charge on any atom is -0.480 e. The second kappa shape index (κ2) is 37.0. The molecule has 1 heterocycles.